The maximum Gasteiger partial charge on any atom is 0.177 e. The van der Waals surface area contributed by atoms with Crippen LogP contribution in [-0.4, -0.2) is 4.98 Å². The summed E-state index contributed by atoms with van der Waals surface area (Å²) in [6, 6.07) is 1.12. The van der Waals surface area contributed by atoms with Gasteiger partial charge < -0.3 is 10.5 Å². The quantitative estimate of drug-likeness (QED) is 0.725. The van der Waals surface area contributed by atoms with E-state index in [2.05, 4.69) is 9.71 Å². The second kappa shape index (κ2) is 4.86. The number of aromatic nitrogens is 1. The van der Waals surface area contributed by atoms with E-state index in [9.17, 15) is 8.78 Å². The lowest BCUT2D eigenvalue weighted by Crippen LogP contribution is -1.94. The van der Waals surface area contributed by atoms with Gasteiger partial charge in [-0.1, -0.05) is 0 Å². The number of hydrogen-bond acceptors (Lipinski definition) is 4. The molecular weight excluding hydrogens is 292 g/mol. The third-order valence-corrected chi connectivity index (χ3v) is 3.55. The van der Waals surface area contributed by atoms with Gasteiger partial charge in [0.25, 0.3) is 0 Å². The molecule has 100 valence electrons. The predicted molar refractivity (Wildman–Crippen MR) is 77.3 cm³/mol. The van der Waals surface area contributed by atoms with Crippen LogP contribution in [0.3, 0.4) is 0 Å². The van der Waals surface area contributed by atoms with Crippen LogP contribution in [0, 0.1) is 11.6 Å². The number of nitrogen functional groups attached to an aromatic ring is 1. The number of fused-ring (bicyclic) bond motifs is 3. The lowest BCUT2D eigenvalue weighted by atomic mass is 10.2. The highest BCUT2D eigenvalue weighted by molar-refractivity contribution is 8.04. The van der Waals surface area contributed by atoms with Gasteiger partial charge in [-0.15, -0.1) is 12.4 Å². The van der Waals surface area contributed by atoms with Crippen molar-refractivity contribution in [3.05, 3.63) is 34.4 Å². The van der Waals surface area contributed by atoms with E-state index in [1.54, 1.807) is 0 Å². The topological polar surface area (TPSA) is 50.9 Å². The smallest absolute Gasteiger partial charge is 0.177 e. The third kappa shape index (κ3) is 2.11. The maximum atomic E-state index is 13.4. The van der Waals surface area contributed by atoms with Crippen molar-refractivity contribution < 1.29 is 8.78 Å². The Kier molecular flexibility index (Phi) is 3.56. The molecule has 3 aliphatic rings. The molecule has 2 aliphatic heterocycles. The van der Waals surface area contributed by atoms with Crippen molar-refractivity contribution in [2.75, 3.05) is 10.5 Å². The number of anilines is 2. The fourth-order valence-electron chi connectivity index (χ4n) is 1.95. The highest BCUT2D eigenvalue weighted by Crippen LogP contribution is 2.47. The molecule has 0 saturated heterocycles. The Morgan fingerprint density at radius 2 is 2.05 bits per heavy atom. The van der Waals surface area contributed by atoms with Crippen LogP contribution < -0.4 is 10.5 Å². The zero-order valence-corrected chi connectivity index (χ0v) is 11.5. The van der Waals surface area contributed by atoms with Crippen LogP contribution in [0.15, 0.2) is 17.2 Å². The Balaban J connectivity index is 0.00000133. The molecule has 2 heterocycles. The molecule has 0 spiro atoms. The Hall–Kier alpha value is -1.53. The normalized spacial score (nSPS) is 13.3. The fraction of sp³-hybridized carbons (Fsp3) is 0.0833. The fourth-order valence-corrected chi connectivity index (χ4v) is 2.61. The Labute approximate surface area is 119 Å². The van der Waals surface area contributed by atoms with Crippen LogP contribution in [0.2, 0.25) is 0 Å². The largest absolute Gasteiger partial charge is 0.396 e. The van der Waals surface area contributed by atoms with E-state index < -0.39 is 11.6 Å². The van der Waals surface area contributed by atoms with Gasteiger partial charge in [-0.05, 0) is 31.0 Å². The van der Waals surface area contributed by atoms with E-state index >= 15 is 0 Å². The van der Waals surface area contributed by atoms with E-state index in [-0.39, 0.29) is 12.4 Å². The van der Waals surface area contributed by atoms with Crippen molar-refractivity contribution in [2.24, 2.45) is 0 Å². The van der Waals surface area contributed by atoms with Crippen LogP contribution >= 0.6 is 24.4 Å². The van der Waals surface area contributed by atoms with Crippen molar-refractivity contribution in [1.82, 2.24) is 4.98 Å². The molecule has 3 rings (SSSR count). The Morgan fingerprint density at radius 1 is 1.32 bits per heavy atom. The summed E-state index contributed by atoms with van der Waals surface area (Å²) in [5, 5.41) is 0. The number of hydrogen-bond donors (Lipinski definition) is 2. The Morgan fingerprint density at radius 3 is 2.79 bits per heavy atom. The summed E-state index contributed by atoms with van der Waals surface area (Å²) >= 11 is 1.41. The summed E-state index contributed by atoms with van der Waals surface area (Å²) in [5.41, 5.74) is 8.76. The van der Waals surface area contributed by atoms with Gasteiger partial charge in [-0.25, -0.2) is 8.78 Å². The van der Waals surface area contributed by atoms with Crippen molar-refractivity contribution in [1.29, 1.82) is 0 Å². The number of nitrogens with two attached hydrogens (primary N) is 1. The van der Waals surface area contributed by atoms with Crippen molar-refractivity contribution in [2.45, 2.75) is 6.92 Å². The van der Waals surface area contributed by atoms with E-state index in [1.165, 1.54) is 11.9 Å². The van der Waals surface area contributed by atoms with Gasteiger partial charge in [0.1, 0.15) is 0 Å². The molecule has 3 N–H and O–H groups in total. The molecule has 0 aromatic heterocycles. The number of allylic oxidation sites excluding steroid dienone is 1. The standard InChI is InChI=1S/C12H9F2N3S.ClH/c1-5-2-6-10(15)12-7(11(6)17-18-5)3-8(13)9(14)4-16-12;/h2-4,17H,15H2,1H3;1H. The van der Waals surface area contributed by atoms with Crippen LogP contribution in [0.4, 0.5) is 20.2 Å². The Bertz CT molecular complexity index is 660. The van der Waals surface area contributed by atoms with Crippen molar-refractivity contribution >= 4 is 41.8 Å². The highest BCUT2D eigenvalue weighted by atomic mass is 35.5. The van der Waals surface area contributed by atoms with Gasteiger partial charge in [0.05, 0.1) is 23.3 Å². The zero-order chi connectivity index (χ0) is 12.9. The van der Waals surface area contributed by atoms with Gasteiger partial charge in [0.15, 0.2) is 11.6 Å². The minimum atomic E-state index is -0.991. The molecule has 3 nitrogen and oxygen atoms in total. The van der Waals surface area contributed by atoms with Gasteiger partial charge in [-0.3, -0.25) is 4.98 Å². The van der Waals surface area contributed by atoms with Crippen LogP contribution in [0.1, 0.15) is 12.5 Å². The van der Waals surface area contributed by atoms with Crippen molar-refractivity contribution in [3.63, 3.8) is 0 Å². The zero-order valence-electron chi connectivity index (χ0n) is 9.83. The molecule has 0 atom stereocenters. The average Bonchev–Trinajstić information content (AvgIpc) is 2.49. The summed E-state index contributed by atoms with van der Waals surface area (Å²) in [4.78, 5) is 4.96. The lowest BCUT2D eigenvalue weighted by Gasteiger charge is -2.12. The van der Waals surface area contributed by atoms with Gasteiger partial charge in [0, 0.05) is 16.0 Å². The number of rotatable bonds is 0. The first-order chi connectivity index (χ1) is 8.58. The third-order valence-electron chi connectivity index (χ3n) is 2.81. The molecule has 0 bridgehead atoms. The molecule has 0 fully saturated rings. The first kappa shape index (κ1) is 13.9. The number of nitrogens with one attached hydrogen (secondary N) is 1. The predicted octanol–water partition coefficient (Wildman–Crippen LogP) is 3.90. The molecule has 19 heavy (non-hydrogen) atoms. The highest BCUT2D eigenvalue weighted by Gasteiger charge is 2.24. The number of halogens is 3. The van der Waals surface area contributed by atoms with E-state index in [0.717, 1.165) is 22.7 Å². The van der Waals surface area contributed by atoms with Crippen LogP contribution in [0.5, 0.6) is 0 Å². The maximum absolute atomic E-state index is 13.4. The van der Waals surface area contributed by atoms with Gasteiger partial charge in [0.2, 0.25) is 0 Å². The summed E-state index contributed by atoms with van der Waals surface area (Å²) in [6.45, 7) is 1.94. The molecule has 0 aromatic rings. The van der Waals surface area contributed by atoms with Crippen LogP contribution in [-0.2, 0) is 0 Å². The summed E-state index contributed by atoms with van der Waals surface area (Å²) in [6.07, 6.45) is 2.75. The van der Waals surface area contributed by atoms with E-state index in [1.807, 2.05) is 13.0 Å². The van der Waals surface area contributed by atoms with Gasteiger partial charge >= 0.3 is 0 Å². The first-order valence-electron chi connectivity index (χ1n) is 5.25. The molecule has 0 unspecified atom stereocenters. The molecule has 7 heteroatoms. The van der Waals surface area contributed by atoms with E-state index in [4.69, 9.17) is 5.73 Å². The summed E-state index contributed by atoms with van der Waals surface area (Å²) in [5.74, 6) is -1.93. The minimum Gasteiger partial charge on any atom is -0.396 e. The molecule has 0 amide bonds. The second-order valence-electron chi connectivity index (χ2n) is 4.02. The average molecular weight is 302 g/mol. The summed E-state index contributed by atoms with van der Waals surface area (Å²) in [7, 11) is 0. The molecule has 1 aliphatic carbocycles. The van der Waals surface area contributed by atoms with E-state index in [0.29, 0.717) is 22.6 Å². The van der Waals surface area contributed by atoms with Gasteiger partial charge in [-0.2, -0.15) is 0 Å². The summed E-state index contributed by atoms with van der Waals surface area (Å²) < 4.78 is 29.7. The minimum absolute atomic E-state index is 0. The molecule has 0 saturated carbocycles. The SMILES string of the molecule is CC1=Cc2c(N)c3ncc(F)c(F)cc-3c2NS1.Cl. The molecule has 0 radical (unpaired) electrons. The van der Waals surface area contributed by atoms with Crippen LogP contribution in [0.25, 0.3) is 17.3 Å². The molecule has 0 aromatic carbocycles. The monoisotopic (exact) mass is 301 g/mol. The number of nitrogens with zero attached hydrogens (tertiary/aromatic N) is 1. The second-order valence-corrected chi connectivity index (χ2v) is 5.07. The molecular formula is C12H10ClF2N3S. The first-order valence-corrected chi connectivity index (χ1v) is 6.07. The lowest BCUT2D eigenvalue weighted by molar-refractivity contribution is 0.509. The van der Waals surface area contributed by atoms with Crippen molar-refractivity contribution in [3.8, 4) is 11.3 Å².